The van der Waals surface area contributed by atoms with Crippen molar-refractivity contribution in [2.45, 2.75) is 19.4 Å². The number of pyridine rings is 1. The molecule has 2 N–H and O–H groups in total. The molecule has 0 saturated heterocycles. The van der Waals surface area contributed by atoms with Crippen LogP contribution in [0, 0.1) is 6.92 Å². The van der Waals surface area contributed by atoms with Gasteiger partial charge in [-0.3, -0.25) is 4.79 Å². The van der Waals surface area contributed by atoms with Crippen LogP contribution in [0.3, 0.4) is 0 Å². The number of amides is 1. The maximum atomic E-state index is 12.5. The number of carbonyl (C=O) groups excluding carboxylic acids is 1. The van der Waals surface area contributed by atoms with Gasteiger partial charge in [-0.2, -0.15) is 0 Å². The van der Waals surface area contributed by atoms with Crippen molar-refractivity contribution < 1.29 is 4.79 Å². The summed E-state index contributed by atoms with van der Waals surface area (Å²) in [6, 6.07) is 9.53. The Hall–Kier alpha value is -1.91. The van der Waals surface area contributed by atoms with E-state index in [4.69, 9.17) is 11.6 Å². The molecule has 1 aliphatic heterocycles. The van der Waals surface area contributed by atoms with E-state index >= 15 is 0 Å². The molecule has 0 spiro atoms. The summed E-state index contributed by atoms with van der Waals surface area (Å²) in [5, 5.41) is 6.61. The summed E-state index contributed by atoms with van der Waals surface area (Å²) in [5.74, 6) is -0.0781. The van der Waals surface area contributed by atoms with Gasteiger partial charge in [0.25, 0.3) is 0 Å². The van der Waals surface area contributed by atoms with Gasteiger partial charge in [-0.15, -0.1) is 0 Å². The Bertz CT molecular complexity index is 687. The molecule has 4 nitrogen and oxygen atoms in total. The SMILES string of the molecule is Cc1cc(NC(=O)C2NCCc3ccccc32)cnc1Cl. The summed E-state index contributed by atoms with van der Waals surface area (Å²) in [4.78, 5) is 16.5. The van der Waals surface area contributed by atoms with Crippen molar-refractivity contribution in [1.29, 1.82) is 0 Å². The lowest BCUT2D eigenvalue weighted by Gasteiger charge is -2.26. The Balaban J connectivity index is 1.81. The third-order valence-electron chi connectivity index (χ3n) is 3.65. The minimum absolute atomic E-state index is 0.0781. The predicted molar refractivity (Wildman–Crippen MR) is 83.5 cm³/mol. The molecule has 0 bridgehead atoms. The van der Waals surface area contributed by atoms with Crippen molar-refractivity contribution in [3.05, 3.63) is 58.4 Å². The zero-order valence-corrected chi connectivity index (χ0v) is 12.4. The first kappa shape index (κ1) is 14.0. The number of hydrogen-bond donors (Lipinski definition) is 2. The molecule has 1 aromatic carbocycles. The molecule has 5 heteroatoms. The molecule has 3 rings (SSSR count). The highest BCUT2D eigenvalue weighted by Crippen LogP contribution is 2.24. The number of aromatic nitrogens is 1. The molecule has 1 aliphatic rings. The van der Waals surface area contributed by atoms with Crippen LogP contribution in [0.25, 0.3) is 0 Å². The third-order valence-corrected chi connectivity index (χ3v) is 4.05. The van der Waals surface area contributed by atoms with E-state index in [1.54, 1.807) is 6.20 Å². The van der Waals surface area contributed by atoms with Crippen molar-refractivity contribution >= 4 is 23.2 Å². The number of hydrogen-bond acceptors (Lipinski definition) is 3. The number of nitrogens with one attached hydrogen (secondary N) is 2. The average molecular weight is 302 g/mol. The van der Waals surface area contributed by atoms with Gasteiger partial charge < -0.3 is 10.6 Å². The lowest BCUT2D eigenvalue weighted by Crippen LogP contribution is -2.38. The number of nitrogens with zero attached hydrogens (tertiary/aromatic N) is 1. The monoisotopic (exact) mass is 301 g/mol. The molecule has 1 unspecified atom stereocenters. The van der Waals surface area contributed by atoms with Crippen LogP contribution in [0.5, 0.6) is 0 Å². The zero-order chi connectivity index (χ0) is 14.8. The van der Waals surface area contributed by atoms with Crippen molar-refractivity contribution in [2.75, 3.05) is 11.9 Å². The molecular formula is C16H16ClN3O. The fraction of sp³-hybridized carbons (Fsp3) is 0.250. The molecule has 1 amide bonds. The van der Waals surface area contributed by atoms with Crippen LogP contribution < -0.4 is 10.6 Å². The van der Waals surface area contributed by atoms with E-state index in [-0.39, 0.29) is 11.9 Å². The van der Waals surface area contributed by atoms with Crippen molar-refractivity contribution in [2.24, 2.45) is 0 Å². The molecule has 21 heavy (non-hydrogen) atoms. The lowest BCUT2D eigenvalue weighted by molar-refractivity contribution is -0.118. The zero-order valence-electron chi connectivity index (χ0n) is 11.7. The van der Waals surface area contributed by atoms with Gasteiger partial charge in [-0.1, -0.05) is 35.9 Å². The summed E-state index contributed by atoms with van der Waals surface area (Å²) in [6.45, 7) is 2.66. The second kappa shape index (κ2) is 5.84. The number of carbonyl (C=O) groups is 1. The highest BCUT2D eigenvalue weighted by Gasteiger charge is 2.25. The normalized spacial score (nSPS) is 17.1. The first-order chi connectivity index (χ1) is 10.1. The number of rotatable bonds is 2. The van der Waals surface area contributed by atoms with E-state index in [0.29, 0.717) is 10.8 Å². The Morgan fingerprint density at radius 2 is 2.24 bits per heavy atom. The number of anilines is 1. The predicted octanol–water partition coefficient (Wildman–Crippen LogP) is 2.87. The molecule has 2 aromatic rings. The Morgan fingerprint density at radius 1 is 1.43 bits per heavy atom. The van der Waals surface area contributed by atoms with Crippen LogP contribution >= 0.6 is 11.6 Å². The van der Waals surface area contributed by atoms with Crippen molar-refractivity contribution in [3.63, 3.8) is 0 Å². The van der Waals surface area contributed by atoms with Crippen molar-refractivity contribution in [1.82, 2.24) is 10.3 Å². The molecule has 2 heterocycles. The maximum Gasteiger partial charge on any atom is 0.246 e. The molecular weight excluding hydrogens is 286 g/mol. The largest absolute Gasteiger partial charge is 0.323 e. The summed E-state index contributed by atoms with van der Waals surface area (Å²) >= 11 is 5.90. The van der Waals surface area contributed by atoms with Crippen LogP contribution in [0.15, 0.2) is 36.5 Å². The Kier molecular flexibility index (Phi) is 3.90. The molecule has 0 saturated carbocycles. The minimum Gasteiger partial charge on any atom is -0.323 e. The number of halogens is 1. The minimum atomic E-state index is -0.328. The van der Waals surface area contributed by atoms with Crippen LogP contribution in [0.2, 0.25) is 5.15 Å². The van der Waals surface area contributed by atoms with Crippen LogP contribution in [-0.2, 0) is 11.2 Å². The van der Waals surface area contributed by atoms with Gasteiger partial charge >= 0.3 is 0 Å². The van der Waals surface area contributed by atoms with E-state index in [0.717, 1.165) is 24.1 Å². The first-order valence-electron chi connectivity index (χ1n) is 6.89. The van der Waals surface area contributed by atoms with Gasteiger partial charge in [0.15, 0.2) is 0 Å². The van der Waals surface area contributed by atoms with Crippen LogP contribution in [0.4, 0.5) is 5.69 Å². The van der Waals surface area contributed by atoms with Gasteiger partial charge in [-0.25, -0.2) is 4.98 Å². The summed E-state index contributed by atoms with van der Waals surface area (Å²) in [5.41, 5.74) is 3.76. The second-order valence-electron chi connectivity index (χ2n) is 5.16. The molecule has 108 valence electrons. The number of benzene rings is 1. The molecule has 0 radical (unpaired) electrons. The average Bonchev–Trinajstić information content (AvgIpc) is 2.50. The van der Waals surface area contributed by atoms with Crippen LogP contribution in [0.1, 0.15) is 22.7 Å². The van der Waals surface area contributed by atoms with E-state index in [1.807, 2.05) is 31.2 Å². The smallest absolute Gasteiger partial charge is 0.246 e. The van der Waals surface area contributed by atoms with E-state index in [9.17, 15) is 4.79 Å². The maximum absolute atomic E-state index is 12.5. The number of fused-ring (bicyclic) bond motifs is 1. The van der Waals surface area contributed by atoms with Gasteiger partial charge in [0.1, 0.15) is 11.2 Å². The fourth-order valence-electron chi connectivity index (χ4n) is 2.58. The first-order valence-corrected chi connectivity index (χ1v) is 7.27. The van der Waals surface area contributed by atoms with Gasteiger partial charge in [0, 0.05) is 6.54 Å². The fourth-order valence-corrected chi connectivity index (χ4v) is 2.68. The van der Waals surface area contributed by atoms with Crippen molar-refractivity contribution in [3.8, 4) is 0 Å². The van der Waals surface area contributed by atoms with Gasteiger partial charge in [0.2, 0.25) is 5.91 Å². The van der Waals surface area contributed by atoms with E-state index in [2.05, 4.69) is 21.7 Å². The lowest BCUT2D eigenvalue weighted by atomic mass is 9.94. The summed E-state index contributed by atoms with van der Waals surface area (Å²) in [7, 11) is 0. The van der Waals surface area contributed by atoms with Crippen LogP contribution in [-0.4, -0.2) is 17.4 Å². The van der Waals surface area contributed by atoms with Gasteiger partial charge in [0.05, 0.1) is 11.9 Å². The Morgan fingerprint density at radius 3 is 3.05 bits per heavy atom. The molecule has 1 atom stereocenters. The quantitative estimate of drug-likeness (QED) is 0.839. The van der Waals surface area contributed by atoms with E-state index < -0.39 is 0 Å². The Labute approximate surface area is 128 Å². The topological polar surface area (TPSA) is 54.0 Å². The molecule has 1 aromatic heterocycles. The van der Waals surface area contributed by atoms with E-state index in [1.165, 1.54) is 5.56 Å². The highest BCUT2D eigenvalue weighted by atomic mass is 35.5. The third kappa shape index (κ3) is 2.91. The molecule has 0 fully saturated rings. The second-order valence-corrected chi connectivity index (χ2v) is 5.51. The summed E-state index contributed by atoms with van der Waals surface area (Å²) < 4.78 is 0. The highest BCUT2D eigenvalue weighted by molar-refractivity contribution is 6.30. The van der Waals surface area contributed by atoms with Gasteiger partial charge in [-0.05, 0) is 36.1 Å². The number of aryl methyl sites for hydroxylation is 1. The summed E-state index contributed by atoms with van der Waals surface area (Å²) in [6.07, 6.45) is 2.52. The standard InChI is InChI=1S/C16H16ClN3O/c1-10-8-12(9-19-15(10)17)20-16(21)14-13-5-3-2-4-11(13)6-7-18-14/h2-5,8-9,14,18H,6-7H2,1H3,(H,20,21). The molecule has 0 aliphatic carbocycles.